The molecular formula is C6H6N2Si2. The minimum atomic E-state index is 0.871. The van der Waals surface area contributed by atoms with Gasteiger partial charge in [-0.3, -0.25) is 0 Å². The third-order valence-electron chi connectivity index (χ3n) is 1.19. The first-order valence-corrected chi connectivity index (χ1v) is 3.75. The van der Waals surface area contributed by atoms with Crippen molar-refractivity contribution in [1.82, 2.24) is 4.98 Å². The highest BCUT2D eigenvalue weighted by Gasteiger charge is 1.97. The smallest absolute Gasteiger partial charge is 0.180 e. The van der Waals surface area contributed by atoms with Crippen LogP contribution in [-0.4, -0.2) is 25.8 Å². The van der Waals surface area contributed by atoms with E-state index in [1.54, 1.807) is 10.4 Å². The van der Waals surface area contributed by atoms with Gasteiger partial charge < -0.3 is 4.23 Å². The maximum absolute atomic E-state index is 4.11. The molecule has 0 atom stereocenters. The maximum Gasteiger partial charge on any atom is 0.180 e. The molecule has 0 unspecified atom stereocenters. The van der Waals surface area contributed by atoms with E-state index in [9.17, 15) is 0 Å². The van der Waals surface area contributed by atoms with Gasteiger partial charge in [0.2, 0.25) is 0 Å². The first-order chi connectivity index (χ1) is 4.72. The third kappa shape index (κ3) is 1.45. The van der Waals surface area contributed by atoms with Crippen LogP contribution in [0.5, 0.6) is 0 Å². The molecule has 0 aromatic carbocycles. The van der Waals surface area contributed by atoms with E-state index in [1.165, 1.54) is 0 Å². The zero-order valence-electron chi connectivity index (χ0n) is 5.63. The Balaban J connectivity index is 3.03. The van der Waals surface area contributed by atoms with E-state index in [1.807, 2.05) is 19.1 Å². The minimum Gasteiger partial charge on any atom is -0.413 e. The predicted molar refractivity (Wildman–Crippen MR) is 43.0 cm³/mol. The van der Waals surface area contributed by atoms with Gasteiger partial charge in [0.15, 0.2) is 20.8 Å². The molecule has 0 aliphatic heterocycles. The fourth-order valence-corrected chi connectivity index (χ4v) is 1.18. The zero-order chi connectivity index (χ0) is 7.56. The number of nitrogens with zero attached hydrogens (tertiary/aromatic N) is 2. The number of hydrogen-bond acceptors (Lipinski definition) is 2. The first kappa shape index (κ1) is 7.49. The standard InChI is InChI=1S/C6H6N2Si2/c1-5-3-2-4-7-6(5)8(9)10/h2-4H,1H3. The van der Waals surface area contributed by atoms with Crippen LogP contribution in [0.25, 0.3) is 0 Å². The van der Waals surface area contributed by atoms with Crippen molar-refractivity contribution in [2.45, 2.75) is 6.92 Å². The predicted octanol–water partition coefficient (Wildman–Crippen LogP) is 0.363. The molecule has 48 valence electrons. The summed E-state index contributed by atoms with van der Waals surface area (Å²) in [6.07, 6.45) is 1.75. The zero-order valence-corrected chi connectivity index (χ0v) is 7.63. The average Bonchev–Trinajstić information content (AvgIpc) is 1.88. The Kier molecular flexibility index (Phi) is 2.23. The highest BCUT2D eigenvalue weighted by molar-refractivity contribution is 6.41. The molecule has 6 radical (unpaired) electrons. The molecule has 0 N–H and O–H groups in total. The van der Waals surface area contributed by atoms with E-state index in [0.29, 0.717) is 0 Å². The average molecular weight is 162 g/mol. The third-order valence-corrected chi connectivity index (χ3v) is 1.62. The number of rotatable bonds is 1. The molecule has 1 aromatic heterocycles. The molecule has 10 heavy (non-hydrogen) atoms. The molecule has 0 saturated heterocycles. The van der Waals surface area contributed by atoms with Crippen molar-refractivity contribution in [2.75, 3.05) is 4.23 Å². The lowest BCUT2D eigenvalue weighted by molar-refractivity contribution is 1.24. The molecule has 1 aromatic rings. The van der Waals surface area contributed by atoms with Crippen LogP contribution in [0.4, 0.5) is 5.82 Å². The number of pyridine rings is 1. The second-order valence-corrected chi connectivity index (χ2v) is 3.32. The molecule has 0 fully saturated rings. The van der Waals surface area contributed by atoms with Crippen molar-refractivity contribution in [1.29, 1.82) is 0 Å². The van der Waals surface area contributed by atoms with Crippen LogP contribution in [0.1, 0.15) is 5.56 Å². The van der Waals surface area contributed by atoms with Crippen molar-refractivity contribution in [3.05, 3.63) is 23.9 Å². The Morgan fingerprint density at radius 1 is 1.50 bits per heavy atom. The first-order valence-electron chi connectivity index (χ1n) is 2.86. The highest BCUT2D eigenvalue weighted by Crippen LogP contribution is 2.10. The largest absolute Gasteiger partial charge is 0.413 e. The number of anilines is 1. The summed E-state index contributed by atoms with van der Waals surface area (Å²) in [5, 5.41) is 0. The van der Waals surface area contributed by atoms with Gasteiger partial charge in [0.25, 0.3) is 0 Å². The van der Waals surface area contributed by atoms with Crippen LogP contribution >= 0.6 is 0 Å². The molecular weight excluding hydrogens is 156 g/mol. The summed E-state index contributed by atoms with van der Waals surface area (Å²) < 4.78 is 1.62. The van der Waals surface area contributed by atoms with Gasteiger partial charge in [-0.05, 0) is 18.6 Å². The molecule has 2 nitrogen and oxygen atoms in total. The minimum absolute atomic E-state index is 0.871. The van der Waals surface area contributed by atoms with Gasteiger partial charge in [0.1, 0.15) is 5.82 Å². The monoisotopic (exact) mass is 162 g/mol. The molecule has 0 aliphatic carbocycles. The van der Waals surface area contributed by atoms with Crippen LogP contribution < -0.4 is 4.23 Å². The Labute approximate surface area is 67.3 Å². The molecule has 0 amide bonds. The Morgan fingerprint density at radius 2 is 2.20 bits per heavy atom. The number of hydrogen-bond donors (Lipinski definition) is 0. The second-order valence-electron chi connectivity index (χ2n) is 1.98. The van der Waals surface area contributed by atoms with Gasteiger partial charge >= 0.3 is 0 Å². The number of aryl methyl sites for hydroxylation is 1. The summed E-state index contributed by atoms with van der Waals surface area (Å²) in [7, 11) is 6.53. The van der Waals surface area contributed by atoms with E-state index in [4.69, 9.17) is 0 Å². The fourth-order valence-electron chi connectivity index (χ4n) is 0.711. The van der Waals surface area contributed by atoms with Crippen LogP contribution in [0.3, 0.4) is 0 Å². The molecule has 4 heteroatoms. The van der Waals surface area contributed by atoms with Crippen molar-refractivity contribution < 1.29 is 0 Å². The molecule has 0 aliphatic rings. The lowest BCUT2D eigenvalue weighted by atomic mass is 10.3. The normalized spacial score (nSPS) is 9.50. The molecule has 1 heterocycles. The van der Waals surface area contributed by atoms with Gasteiger partial charge in [-0.1, -0.05) is 6.07 Å². The molecule has 0 saturated carbocycles. The lowest BCUT2D eigenvalue weighted by Crippen LogP contribution is -2.16. The number of aromatic nitrogens is 1. The van der Waals surface area contributed by atoms with E-state index in [0.717, 1.165) is 11.4 Å². The van der Waals surface area contributed by atoms with E-state index >= 15 is 0 Å². The molecule has 0 bridgehead atoms. The Hall–Kier alpha value is -0.616. The van der Waals surface area contributed by atoms with Gasteiger partial charge in [-0.15, -0.1) is 0 Å². The quantitative estimate of drug-likeness (QED) is 0.554. The van der Waals surface area contributed by atoms with Crippen LogP contribution in [0.15, 0.2) is 18.3 Å². The Morgan fingerprint density at radius 3 is 2.60 bits per heavy atom. The summed E-state index contributed by atoms with van der Waals surface area (Å²) in [5.41, 5.74) is 1.12. The lowest BCUT2D eigenvalue weighted by Gasteiger charge is -2.12. The van der Waals surface area contributed by atoms with Crippen molar-refractivity contribution >= 4 is 26.6 Å². The van der Waals surface area contributed by atoms with Gasteiger partial charge in [-0.2, -0.15) is 0 Å². The second kappa shape index (κ2) is 2.98. The van der Waals surface area contributed by atoms with E-state index in [-0.39, 0.29) is 0 Å². The SMILES string of the molecule is Cc1cccnc1N([Si])[Si]. The van der Waals surface area contributed by atoms with Crippen molar-refractivity contribution in [3.8, 4) is 0 Å². The summed E-state index contributed by atoms with van der Waals surface area (Å²) in [4.78, 5) is 4.11. The van der Waals surface area contributed by atoms with Crippen LogP contribution in [-0.2, 0) is 0 Å². The van der Waals surface area contributed by atoms with Crippen LogP contribution in [0.2, 0.25) is 0 Å². The van der Waals surface area contributed by atoms with Crippen molar-refractivity contribution in [3.63, 3.8) is 0 Å². The van der Waals surface area contributed by atoms with Gasteiger partial charge in [-0.25, -0.2) is 4.98 Å². The molecule has 1 rings (SSSR count). The van der Waals surface area contributed by atoms with E-state index < -0.39 is 0 Å². The topological polar surface area (TPSA) is 16.1 Å². The maximum atomic E-state index is 4.11. The van der Waals surface area contributed by atoms with Gasteiger partial charge in [0, 0.05) is 6.20 Å². The summed E-state index contributed by atoms with van der Waals surface area (Å²) in [5.74, 6) is 0.871. The Bertz CT molecular complexity index is 225. The van der Waals surface area contributed by atoms with Gasteiger partial charge in [0.05, 0.1) is 0 Å². The highest BCUT2D eigenvalue weighted by atomic mass is 28.2. The fraction of sp³-hybridized carbons (Fsp3) is 0.167. The van der Waals surface area contributed by atoms with Crippen LogP contribution in [0, 0.1) is 6.92 Å². The summed E-state index contributed by atoms with van der Waals surface area (Å²) in [6.45, 7) is 2.00. The van der Waals surface area contributed by atoms with E-state index in [2.05, 4.69) is 25.8 Å². The molecule has 0 spiro atoms. The van der Waals surface area contributed by atoms with Crippen molar-refractivity contribution in [2.24, 2.45) is 0 Å². The summed E-state index contributed by atoms with van der Waals surface area (Å²) in [6, 6.07) is 3.90. The summed E-state index contributed by atoms with van der Waals surface area (Å²) >= 11 is 0.